The van der Waals surface area contributed by atoms with Crippen molar-refractivity contribution in [3.8, 4) is 5.75 Å². The number of phenols is 1. The Hall–Kier alpha value is -2.01. The second kappa shape index (κ2) is 6.43. The molecule has 1 aromatic rings. The average molecular weight is 278 g/mol. The first-order chi connectivity index (χ1) is 9.17. The van der Waals surface area contributed by atoms with Crippen molar-refractivity contribution in [1.29, 1.82) is 0 Å². The molecule has 20 heavy (non-hydrogen) atoms. The van der Waals surface area contributed by atoms with Gasteiger partial charge < -0.3 is 15.6 Å². The van der Waals surface area contributed by atoms with Gasteiger partial charge in [-0.1, -0.05) is 18.2 Å². The van der Waals surface area contributed by atoms with Crippen LogP contribution in [-0.4, -0.2) is 22.8 Å². The maximum Gasteiger partial charge on any atom is 0.412 e. The molecule has 0 aliphatic carbocycles. The van der Waals surface area contributed by atoms with E-state index in [1.54, 1.807) is 32.9 Å². The molecule has 1 atom stereocenters. The third-order valence-corrected chi connectivity index (χ3v) is 2.25. The van der Waals surface area contributed by atoms with Gasteiger partial charge in [0.15, 0.2) is 0 Å². The molecule has 0 heterocycles. The van der Waals surface area contributed by atoms with E-state index >= 15 is 0 Å². The smallest absolute Gasteiger partial charge is 0.412 e. The van der Waals surface area contributed by atoms with Crippen LogP contribution in [0.5, 0.6) is 5.75 Å². The third kappa shape index (κ3) is 5.75. The second-order valence-corrected chi connectivity index (χ2v) is 5.62. The molecule has 5 nitrogen and oxygen atoms in total. The van der Waals surface area contributed by atoms with E-state index in [1.165, 1.54) is 6.07 Å². The summed E-state index contributed by atoms with van der Waals surface area (Å²) in [6.07, 6.45) is 3.04. The van der Waals surface area contributed by atoms with Gasteiger partial charge in [0.25, 0.3) is 0 Å². The lowest BCUT2D eigenvalue weighted by molar-refractivity contribution is 0.0635. The van der Waals surface area contributed by atoms with Gasteiger partial charge in [-0.2, -0.15) is 0 Å². The van der Waals surface area contributed by atoms with Crippen molar-refractivity contribution < 1.29 is 14.6 Å². The van der Waals surface area contributed by atoms with Crippen LogP contribution >= 0.6 is 0 Å². The van der Waals surface area contributed by atoms with Gasteiger partial charge in [-0.25, -0.2) is 4.79 Å². The molecular formula is C15H22N2O3. The summed E-state index contributed by atoms with van der Waals surface area (Å²) in [5.74, 6) is -0.0196. The lowest BCUT2D eigenvalue weighted by Gasteiger charge is -2.20. The summed E-state index contributed by atoms with van der Waals surface area (Å²) >= 11 is 0. The Bertz CT molecular complexity index is 502. The molecule has 0 bridgehead atoms. The highest BCUT2D eigenvalue weighted by atomic mass is 16.6. The standard InChI is InChI=1S/C15H22N2O3/c1-10(16)5-6-11-7-8-13(18)12(9-11)17-14(19)20-15(2,3)4/h5-10,18H,16H2,1-4H3,(H,17,19)/b6-5+. The van der Waals surface area contributed by atoms with Crippen LogP contribution in [-0.2, 0) is 4.74 Å². The molecule has 1 amide bonds. The van der Waals surface area contributed by atoms with E-state index in [9.17, 15) is 9.90 Å². The molecule has 1 rings (SSSR count). The molecular weight excluding hydrogens is 256 g/mol. The number of nitrogens with one attached hydrogen (secondary N) is 1. The maximum absolute atomic E-state index is 11.7. The molecule has 0 saturated heterocycles. The number of anilines is 1. The summed E-state index contributed by atoms with van der Waals surface area (Å²) in [6.45, 7) is 7.17. The predicted octanol–water partition coefficient (Wildman–Crippen LogP) is 3.10. The lowest BCUT2D eigenvalue weighted by atomic mass is 10.1. The number of rotatable bonds is 3. The summed E-state index contributed by atoms with van der Waals surface area (Å²) in [7, 11) is 0. The van der Waals surface area contributed by atoms with Crippen molar-refractivity contribution >= 4 is 17.9 Å². The summed E-state index contributed by atoms with van der Waals surface area (Å²) in [5, 5.41) is 12.3. The third-order valence-electron chi connectivity index (χ3n) is 2.25. The van der Waals surface area contributed by atoms with E-state index in [0.717, 1.165) is 5.56 Å². The van der Waals surface area contributed by atoms with Gasteiger partial charge in [-0.3, -0.25) is 5.32 Å². The van der Waals surface area contributed by atoms with Crippen LogP contribution in [0.25, 0.3) is 6.08 Å². The van der Waals surface area contributed by atoms with Crippen molar-refractivity contribution in [2.24, 2.45) is 5.73 Å². The normalized spacial score (nSPS) is 13.2. The van der Waals surface area contributed by atoms with Crippen LogP contribution in [0.3, 0.4) is 0 Å². The largest absolute Gasteiger partial charge is 0.506 e. The number of ether oxygens (including phenoxy) is 1. The van der Waals surface area contributed by atoms with E-state index in [1.807, 2.05) is 19.1 Å². The fraction of sp³-hybridized carbons (Fsp3) is 0.400. The quantitative estimate of drug-likeness (QED) is 0.742. The van der Waals surface area contributed by atoms with Crippen molar-refractivity contribution in [2.45, 2.75) is 39.3 Å². The fourth-order valence-corrected chi connectivity index (χ4v) is 1.43. The van der Waals surface area contributed by atoms with E-state index in [0.29, 0.717) is 5.69 Å². The number of carbonyl (C=O) groups excluding carboxylic acids is 1. The first-order valence-electron chi connectivity index (χ1n) is 6.44. The number of amides is 1. The topological polar surface area (TPSA) is 84.6 Å². The number of carbonyl (C=O) groups is 1. The minimum atomic E-state index is -0.610. The minimum absolute atomic E-state index is 0.0196. The van der Waals surface area contributed by atoms with E-state index in [2.05, 4.69) is 5.32 Å². The molecule has 4 N–H and O–H groups in total. The fourth-order valence-electron chi connectivity index (χ4n) is 1.43. The second-order valence-electron chi connectivity index (χ2n) is 5.62. The monoisotopic (exact) mass is 278 g/mol. The molecule has 0 aliphatic heterocycles. The molecule has 0 aromatic heterocycles. The van der Waals surface area contributed by atoms with Crippen LogP contribution in [0, 0.1) is 0 Å². The highest BCUT2D eigenvalue weighted by Gasteiger charge is 2.17. The van der Waals surface area contributed by atoms with Crippen LogP contribution < -0.4 is 11.1 Å². The number of aromatic hydroxyl groups is 1. The van der Waals surface area contributed by atoms with Gasteiger partial charge in [-0.15, -0.1) is 0 Å². The average Bonchev–Trinajstić information content (AvgIpc) is 2.27. The first-order valence-corrected chi connectivity index (χ1v) is 6.44. The number of nitrogens with two attached hydrogens (primary N) is 1. The Balaban J connectivity index is 2.84. The van der Waals surface area contributed by atoms with Crippen LogP contribution in [0.4, 0.5) is 10.5 Å². The van der Waals surface area contributed by atoms with Gasteiger partial charge in [-0.05, 0) is 45.4 Å². The number of benzene rings is 1. The van der Waals surface area contributed by atoms with E-state index in [-0.39, 0.29) is 11.8 Å². The highest BCUT2D eigenvalue weighted by Crippen LogP contribution is 2.25. The molecule has 110 valence electrons. The molecule has 1 unspecified atom stereocenters. The van der Waals surface area contributed by atoms with Crippen LogP contribution in [0.2, 0.25) is 0 Å². The molecule has 1 aromatic carbocycles. The zero-order valence-electron chi connectivity index (χ0n) is 12.3. The Labute approximate surface area is 119 Å². The van der Waals surface area contributed by atoms with Gasteiger partial charge in [0.2, 0.25) is 0 Å². The summed E-state index contributed by atoms with van der Waals surface area (Å²) in [5.41, 5.74) is 6.16. The SMILES string of the molecule is CC(N)/C=C/c1ccc(O)c(NC(=O)OC(C)(C)C)c1. The Morgan fingerprint density at radius 2 is 2.10 bits per heavy atom. The summed E-state index contributed by atoms with van der Waals surface area (Å²) < 4.78 is 5.14. The van der Waals surface area contributed by atoms with Crippen molar-refractivity contribution in [2.75, 3.05) is 5.32 Å². The maximum atomic E-state index is 11.7. The van der Waals surface area contributed by atoms with E-state index in [4.69, 9.17) is 10.5 Å². The number of hydrogen-bond acceptors (Lipinski definition) is 4. The molecule has 0 radical (unpaired) electrons. The van der Waals surface area contributed by atoms with Crippen molar-refractivity contribution in [1.82, 2.24) is 0 Å². The summed E-state index contributed by atoms with van der Waals surface area (Å²) in [4.78, 5) is 11.7. The Kier molecular flexibility index (Phi) is 5.16. The predicted molar refractivity (Wildman–Crippen MR) is 80.6 cm³/mol. The Morgan fingerprint density at radius 1 is 1.45 bits per heavy atom. The van der Waals surface area contributed by atoms with Gasteiger partial charge in [0, 0.05) is 6.04 Å². The zero-order valence-corrected chi connectivity index (χ0v) is 12.3. The Morgan fingerprint density at radius 3 is 2.65 bits per heavy atom. The van der Waals surface area contributed by atoms with Gasteiger partial charge in [0.1, 0.15) is 11.4 Å². The molecule has 0 saturated carbocycles. The van der Waals surface area contributed by atoms with Crippen molar-refractivity contribution in [3.05, 3.63) is 29.8 Å². The lowest BCUT2D eigenvalue weighted by Crippen LogP contribution is -2.27. The number of hydrogen-bond donors (Lipinski definition) is 3. The van der Waals surface area contributed by atoms with Gasteiger partial charge >= 0.3 is 6.09 Å². The van der Waals surface area contributed by atoms with E-state index < -0.39 is 11.7 Å². The van der Waals surface area contributed by atoms with Crippen LogP contribution in [0.1, 0.15) is 33.3 Å². The zero-order chi connectivity index (χ0) is 15.3. The van der Waals surface area contributed by atoms with Crippen molar-refractivity contribution in [3.63, 3.8) is 0 Å². The van der Waals surface area contributed by atoms with Crippen LogP contribution in [0.15, 0.2) is 24.3 Å². The van der Waals surface area contributed by atoms with Gasteiger partial charge in [0.05, 0.1) is 5.69 Å². The number of phenolic OH excluding ortho intramolecular Hbond substituents is 1. The molecule has 0 fully saturated rings. The molecule has 0 spiro atoms. The minimum Gasteiger partial charge on any atom is -0.506 e. The summed E-state index contributed by atoms with van der Waals surface area (Å²) in [6, 6.07) is 4.83. The molecule has 5 heteroatoms. The highest BCUT2D eigenvalue weighted by molar-refractivity contribution is 5.87. The molecule has 0 aliphatic rings. The first kappa shape index (κ1) is 16.0.